The average molecular weight is 267 g/mol. The number of nitrogens with zero attached hydrogens (tertiary/aromatic N) is 1. The van der Waals surface area contributed by atoms with Crippen molar-refractivity contribution >= 4 is 17.4 Å². The monoisotopic (exact) mass is 267 g/mol. The zero-order valence-corrected chi connectivity index (χ0v) is 11.4. The lowest BCUT2D eigenvalue weighted by atomic mass is 10.1. The molecule has 4 nitrogen and oxygen atoms in total. The molecule has 0 spiro atoms. The van der Waals surface area contributed by atoms with E-state index in [9.17, 15) is 4.79 Å². The van der Waals surface area contributed by atoms with E-state index in [1.807, 2.05) is 37.3 Å². The van der Waals surface area contributed by atoms with Crippen LogP contribution in [0.5, 0.6) is 0 Å². The first kappa shape index (κ1) is 12.7. The summed E-state index contributed by atoms with van der Waals surface area (Å²) in [6, 6.07) is 11.9. The van der Waals surface area contributed by atoms with Crippen LogP contribution in [0.2, 0.25) is 0 Å². The summed E-state index contributed by atoms with van der Waals surface area (Å²) in [6.07, 6.45) is 4.21. The van der Waals surface area contributed by atoms with Gasteiger partial charge in [0, 0.05) is 11.6 Å². The van der Waals surface area contributed by atoms with E-state index in [1.165, 1.54) is 12.8 Å². The van der Waals surface area contributed by atoms with Gasteiger partial charge in [0.25, 0.3) is 5.91 Å². The van der Waals surface area contributed by atoms with Gasteiger partial charge in [-0.25, -0.2) is 4.98 Å². The molecular formula is C16H17N3O. The fourth-order valence-electron chi connectivity index (χ4n) is 1.99. The van der Waals surface area contributed by atoms with E-state index in [0.29, 0.717) is 17.4 Å². The van der Waals surface area contributed by atoms with Crippen molar-refractivity contribution < 1.29 is 4.79 Å². The third kappa shape index (κ3) is 3.15. The highest BCUT2D eigenvalue weighted by Crippen LogP contribution is 2.24. The second-order valence-corrected chi connectivity index (χ2v) is 5.17. The number of aromatic nitrogens is 1. The second kappa shape index (κ2) is 5.33. The Bertz CT molecular complexity index is 618. The summed E-state index contributed by atoms with van der Waals surface area (Å²) in [5, 5.41) is 6.16. The van der Waals surface area contributed by atoms with Crippen molar-refractivity contribution in [1.82, 2.24) is 4.98 Å². The SMILES string of the molecule is Cc1cccc(C(=O)Nc2ccc(NC3CC3)cn2)c1. The van der Waals surface area contributed by atoms with Crippen LogP contribution in [0.1, 0.15) is 28.8 Å². The van der Waals surface area contributed by atoms with Crippen molar-refractivity contribution in [2.24, 2.45) is 0 Å². The Morgan fingerprint density at radius 2 is 2.10 bits per heavy atom. The highest BCUT2D eigenvalue weighted by Gasteiger charge is 2.20. The Morgan fingerprint density at radius 3 is 2.75 bits per heavy atom. The lowest BCUT2D eigenvalue weighted by Gasteiger charge is -2.07. The zero-order valence-electron chi connectivity index (χ0n) is 11.4. The standard InChI is InChI=1S/C16H17N3O/c1-11-3-2-4-12(9-11)16(20)19-15-8-7-14(10-17-15)18-13-5-6-13/h2-4,7-10,13,18H,5-6H2,1H3,(H,17,19,20). The number of hydrogen-bond acceptors (Lipinski definition) is 3. The van der Waals surface area contributed by atoms with Crippen molar-refractivity contribution in [3.8, 4) is 0 Å². The number of benzene rings is 1. The number of carbonyl (C=O) groups excluding carboxylic acids is 1. The van der Waals surface area contributed by atoms with E-state index >= 15 is 0 Å². The van der Waals surface area contributed by atoms with Gasteiger partial charge in [-0.05, 0) is 44.0 Å². The van der Waals surface area contributed by atoms with Crippen LogP contribution in [0.15, 0.2) is 42.6 Å². The Labute approximate surface area is 118 Å². The lowest BCUT2D eigenvalue weighted by Crippen LogP contribution is -2.13. The molecule has 0 radical (unpaired) electrons. The van der Waals surface area contributed by atoms with Gasteiger partial charge in [-0.1, -0.05) is 17.7 Å². The molecule has 1 fully saturated rings. The Hall–Kier alpha value is -2.36. The third-order valence-electron chi connectivity index (χ3n) is 3.23. The summed E-state index contributed by atoms with van der Waals surface area (Å²) in [6.45, 7) is 1.97. The van der Waals surface area contributed by atoms with Crippen LogP contribution >= 0.6 is 0 Å². The molecule has 0 atom stereocenters. The number of amides is 1. The molecule has 1 aromatic heterocycles. The normalized spacial score (nSPS) is 13.8. The summed E-state index contributed by atoms with van der Waals surface area (Å²) in [4.78, 5) is 16.3. The lowest BCUT2D eigenvalue weighted by molar-refractivity contribution is 0.102. The minimum Gasteiger partial charge on any atom is -0.381 e. The van der Waals surface area contributed by atoms with Crippen molar-refractivity contribution in [1.29, 1.82) is 0 Å². The van der Waals surface area contributed by atoms with Crippen LogP contribution in [0.4, 0.5) is 11.5 Å². The van der Waals surface area contributed by atoms with Gasteiger partial charge in [0.15, 0.2) is 0 Å². The average Bonchev–Trinajstić information content (AvgIpc) is 3.25. The topological polar surface area (TPSA) is 54.0 Å². The quantitative estimate of drug-likeness (QED) is 0.894. The van der Waals surface area contributed by atoms with Gasteiger partial charge in [0.1, 0.15) is 5.82 Å². The van der Waals surface area contributed by atoms with Crippen LogP contribution in [0, 0.1) is 6.92 Å². The number of hydrogen-bond donors (Lipinski definition) is 2. The Kier molecular flexibility index (Phi) is 3.37. The molecule has 20 heavy (non-hydrogen) atoms. The number of anilines is 2. The number of rotatable bonds is 4. The predicted molar refractivity (Wildman–Crippen MR) is 80.0 cm³/mol. The van der Waals surface area contributed by atoms with Crippen LogP contribution in [-0.4, -0.2) is 16.9 Å². The molecule has 1 aliphatic rings. The van der Waals surface area contributed by atoms with Gasteiger partial charge >= 0.3 is 0 Å². The van der Waals surface area contributed by atoms with Crippen molar-refractivity contribution in [3.63, 3.8) is 0 Å². The fourth-order valence-corrected chi connectivity index (χ4v) is 1.99. The number of carbonyl (C=O) groups is 1. The van der Waals surface area contributed by atoms with E-state index in [4.69, 9.17) is 0 Å². The van der Waals surface area contributed by atoms with E-state index in [0.717, 1.165) is 11.3 Å². The highest BCUT2D eigenvalue weighted by molar-refractivity contribution is 6.03. The molecule has 1 heterocycles. The predicted octanol–water partition coefficient (Wildman–Crippen LogP) is 3.22. The van der Waals surface area contributed by atoms with E-state index in [-0.39, 0.29) is 5.91 Å². The second-order valence-electron chi connectivity index (χ2n) is 5.17. The summed E-state index contributed by atoms with van der Waals surface area (Å²) in [5.74, 6) is 0.432. The first-order chi connectivity index (χ1) is 9.70. The molecule has 4 heteroatoms. The third-order valence-corrected chi connectivity index (χ3v) is 3.23. The maximum atomic E-state index is 12.1. The summed E-state index contributed by atoms with van der Waals surface area (Å²) in [5.41, 5.74) is 2.71. The van der Waals surface area contributed by atoms with Gasteiger partial charge < -0.3 is 10.6 Å². The maximum Gasteiger partial charge on any atom is 0.256 e. The van der Waals surface area contributed by atoms with E-state index in [2.05, 4.69) is 15.6 Å². The smallest absolute Gasteiger partial charge is 0.256 e. The van der Waals surface area contributed by atoms with Gasteiger partial charge in [0.05, 0.1) is 11.9 Å². The number of aryl methyl sites for hydroxylation is 1. The van der Waals surface area contributed by atoms with Crippen molar-refractivity contribution in [2.45, 2.75) is 25.8 Å². The first-order valence-corrected chi connectivity index (χ1v) is 6.81. The molecular weight excluding hydrogens is 250 g/mol. The van der Waals surface area contributed by atoms with Crippen LogP contribution in [-0.2, 0) is 0 Å². The largest absolute Gasteiger partial charge is 0.381 e. The molecule has 0 bridgehead atoms. The molecule has 2 N–H and O–H groups in total. The molecule has 1 amide bonds. The van der Waals surface area contributed by atoms with E-state index < -0.39 is 0 Å². The van der Waals surface area contributed by atoms with Crippen LogP contribution in [0.25, 0.3) is 0 Å². The summed E-state index contributed by atoms with van der Waals surface area (Å²) >= 11 is 0. The highest BCUT2D eigenvalue weighted by atomic mass is 16.1. The number of pyridine rings is 1. The molecule has 0 saturated heterocycles. The molecule has 0 aliphatic heterocycles. The Morgan fingerprint density at radius 1 is 1.25 bits per heavy atom. The summed E-state index contributed by atoms with van der Waals surface area (Å²) < 4.78 is 0. The van der Waals surface area contributed by atoms with Gasteiger partial charge in [-0.15, -0.1) is 0 Å². The molecule has 3 rings (SSSR count). The minimum absolute atomic E-state index is 0.135. The van der Waals surface area contributed by atoms with Crippen molar-refractivity contribution in [2.75, 3.05) is 10.6 Å². The number of nitrogens with one attached hydrogen (secondary N) is 2. The molecule has 1 aromatic carbocycles. The summed E-state index contributed by atoms with van der Waals surface area (Å²) in [7, 11) is 0. The molecule has 102 valence electrons. The minimum atomic E-state index is -0.135. The van der Waals surface area contributed by atoms with Gasteiger partial charge in [0.2, 0.25) is 0 Å². The van der Waals surface area contributed by atoms with Crippen LogP contribution < -0.4 is 10.6 Å². The van der Waals surface area contributed by atoms with Crippen molar-refractivity contribution in [3.05, 3.63) is 53.7 Å². The molecule has 1 aliphatic carbocycles. The Balaban J connectivity index is 1.65. The molecule has 1 saturated carbocycles. The van der Waals surface area contributed by atoms with Gasteiger partial charge in [-0.3, -0.25) is 4.79 Å². The fraction of sp³-hybridized carbons (Fsp3) is 0.250. The first-order valence-electron chi connectivity index (χ1n) is 6.81. The van der Waals surface area contributed by atoms with E-state index in [1.54, 1.807) is 12.3 Å². The van der Waals surface area contributed by atoms with Gasteiger partial charge in [-0.2, -0.15) is 0 Å². The van der Waals surface area contributed by atoms with Crippen LogP contribution in [0.3, 0.4) is 0 Å². The zero-order chi connectivity index (χ0) is 13.9. The molecule has 2 aromatic rings. The molecule has 0 unspecified atom stereocenters. The maximum absolute atomic E-state index is 12.1.